The van der Waals surface area contributed by atoms with Gasteiger partial charge in [0.05, 0.1) is 6.61 Å². The molecule has 0 saturated carbocycles. The van der Waals surface area contributed by atoms with Gasteiger partial charge in [-0.15, -0.1) is 0 Å². The molecule has 0 aliphatic carbocycles. The smallest absolute Gasteiger partial charge is 0.305 e. The Morgan fingerprint density at radius 1 is 0.667 bits per heavy atom. The zero-order valence-corrected chi connectivity index (χ0v) is 33.6. The van der Waals surface area contributed by atoms with E-state index in [-0.39, 0.29) is 24.6 Å². The molecular formula is C45H82O6. The average Bonchev–Trinajstić information content (AvgIpc) is 3.47. The van der Waals surface area contributed by atoms with Crippen LogP contribution >= 0.6 is 0 Å². The van der Waals surface area contributed by atoms with Crippen molar-refractivity contribution in [2.24, 2.45) is 5.41 Å². The van der Waals surface area contributed by atoms with E-state index in [9.17, 15) is 20.1 Å². The van der Waals surface area contributed by atoms with Crippen LogP contribution in [0.25, 0.3) is 0 Å². The lowest BCUT2D eigenvalue weighted by atomic mass is 9.75. The molecule has 0 spiro atoms. The summed E-state index contributed by atoms with van der Waals surface area (Å²) in [5, 5.41) is 29.9. The molecule has 51 heavy (non-hydrogen) atoms. The largest absolute Gasteiger partial charge is 0.463 e. The van der Waals surface area contributed by atoms with Crippen molar-refractivity contribution in [1.29, 1.82) is 0 Å². The highest BCUT2D eigenvalue weighted by Crippen LogP contribution is 2.37. The molecule has 298 valence electrons. The van der Waals surface area contributed by atoms with E-state index in [0.717, 1.165) is 44.9 Å². The third-order valence-corrected chi connectivity index (χ3v) is 10.6. The first-order chi connectivity index (χ1) is 24.9. The molecule has 4 unspecified atom stereocenters. The maximum absolute atomic E-state index is 12.4. The van der Waals surface area contributed by atoms with Crippen molar-refractivity contribution in [2.75, 3.05) is 13.2 Å². The number of hydrogen-bond acceptors (Lipinski definition) is 6. The zero-order valence-electron chi connectivity index (χ0n) is 33.6. The SMILES string of the molecule is CCCCCCCC/C=C/CC(/C=C/CCCCCCCC)(C/C=C/CCCCCCCC)CCCCCC(=O)OCC(O)C1OCC(O)C1O. The lowest BCUT2D eigenvalue weighted by molar-refractivity contribution is -0.151. The minimum atomic E-state index is -1.17. The van der Waals surface area contributed by atoms with Crippen LogP contribution in [0.1, 0.15) is 201 Å². The molecule has 0 amide bonds. The molecule has 1 aliphatic heterocycles. The number of unbranched alkanes of at least 4 members (excludes halogenated alkanes) is 20. The Bertz CT molecular complexity index is 854. The van der Waals surface area contributed by atoms with Gasteiger partial charge in [-0.3, -0.25) is 4.79 Å². The number of carbonyl (C=O) groups is 1. The Balaban J connectivity index is 2.76. The summed E-state index contributed by atoms with van der Waals surface area (Å²) in [5.74, 6) is -0.345. The molecule has 1 saturated heterocycles. The first-order valence-electron chi connectivity index (χ1n) is 21.7. The van der Waals surface area contributed by atoms with Crippen LogP contribution in [-0.4, -0.2) is 58.9 Å². The number of hydrogen-bond donors (Lipinski definition) is 3. The van der Waals surface area contributed by atoms with Crippen molar-refractivity contribution >= 4 is 5.97 Å². The van der Waals surface area contributed by atoms with Gasteiger partial charge in [0.2, 0.25) is 0 Å². The van der Waals surface area contributed by atoms with E-state index in [4.69, 9.17) is 9.47 Å². The van der Waals surface area contributed by atoms with Gasteiger partial charge in [0.25, 0.3) is 0 Å². The van der Waals surface area contributed by atoms with Gasteiger partial charge in [-0.05, 0) is 69.6 Å². The number of ether oxygens (including phenoxy) is 2. The van der Waals surface area contributed by atoms with Crippen LogP contribution in [-0.2, 0) is 14.3 Å². The first kappa shape index (κ1) is 47.6. The van der Waals surface area contributed by atoms with Gasteiger partial charge in [-0.2, -0.15) is 0 Å². The normalized spacial score (nSPS) is 18.9. The van der Waals surface area contributed by atoms with Gasteiger partial charge >= 0.3 is 5.97 Å². The molecule has 0 aromatic carbocycles. The molecule has 1 aliphatic rings. The fourth-order valence-electron chi connectivity index (χ4n) is 7.07. The quantitative estimate of drug-likeness (QED) is 0.0343. The van der Waals surface area contributed by atoms with E-state index in [1.807, 2.05) is 0 Å². The molecule has 1 heterocycles. The number of carbonyl (C=O) groups excluding carboxylic acids is 1. The van der Waals surface area contributed by atoms with Crippen molar-refractivity contribution in [1.82, 2.24) is 0 Å². The van der Waals surface area contributed by atoms with Crippen molar-refractivity contribution < 1.29 is 29.6 Å². The molecule has 4 atom stereocenters. The van der Waals surface area contributed by atoms with Crippen LogP contribution in [0.5, 0.6) is 0 Å². The topological polar surface area (TPSA) is 96.2 Å². The molecule has 1 fully saturated rings. The maximum Gasteiger partial charge on any atom is 0.305 e. The monoisotopic (exact) mass is 719 g/mol. The number of aliphatic hydroxyl groups excluding tert-OH is 3. The van der Waals surface area contributed by atoms with E-state index >= 15 is 0 Å². The highest BCUT2D eigenvalue weighted by atomic mass is 16.6. The molecule has 3 N–H and O–H groups in total. The summed E-state index contributed by atoms with van der Waals surface area (Å²) < 4.78 is 10.5. The van der Waals surface area contributed by atoms with E-state index < -0.39 is 24.4 Å². The van der Waals surface area contributed by atoms with E-state index in [2.05, 4.69) is 57.2 Å². The summed E-state index contributed by atoms with van der Waals surface area (Å²) in [6, 6.07) is 0. The van der Waals surface area contributed by atoms with Crippen molar-refractivity contribution in [3.05, 3.63) is 36.5 Å². The lowest BCUT2D eigenvalue weighted by Gasteiger charge is -2.29. The molecule has 0 bridgehead atoms. The number of rotatable bonds is 35. The van der Waals surface area contributed by atoms with E-state index in [0.29, 0.717) is 6.42 Å². The van der Waals surface area contributed by atoms with Gasteiger partial charge in [-0.25, -0.2) is 0 Å². The third-order valence-electron chi connectivity index (χ3n) is 10.6. The fourth-order valence-corrected chi connectivity index (χ4v) is 7.07. The highest BCUT2D eigenvalue weighted by Gasteiger charge is 2.39. The van der Waals surface area contributed by atoms with E-state index in [1.54, 1.807) is 0 Å². The van der Waals surface area contributed by atoms with Crippen molar-refractivity contribution in [2.45, 2.75) is 225 Å². The Kier molecular flexibility index (Phi) is 30.9. The fraction of sp³-hybridized carbons (Fsp3) is 0.844. The minimum Gasteiger partial charge on any atom is -0.463 e. The first-order valence-corrected chi connectivity index (χ1v) is 21.7. The molecule has 6 nitrogen and oxygen atoms in total. The van der Waals surface area contributed by atoms with Crippen molar-refractivity contribution in [3.63, 3.8) is 0 Å². The summed E-state index contributed by atoms with van der Waals surface area (Å²) in [4.78, 5) is 12.4. The van der Waals surface area contributed by atoms with Crippen LogP contribution in [0.3, 0.4) is 0 Å². The zero-order chi connectivity index (χ0) is 37.3. The third kappa shape index (κ3) is 25.2. The number of esters is 1. The Morgan fingerprint density at radius 3 is 1.63 bits per heavy atom. The maximum atomic E-state index is 12.4. The standard InChI is InChI=1S/C45H82O6/c1-4-7-10-13-16-19-22-25-30-35-45(34-29-24-21-18-15-12-9-6-3,36-31-26-23-20-17-14-11-8-5-2)37-32-27-28-33-42(48)50-39-41(47)44-43(49)40(46)38-51-44/h25-26,29-31,34,40-41,43-44,46-47,49H,4-24,27-28,32-33,35-39H2,1-3H3/b30-25+,31-26+,34-29+. The predicted octanol–water partition coefficient (Wildman–Crippen LogP) is 11.6. The van der Waals surface area contributed by atoms with Crippen LogP contribution in [0.15, 0.2) is 36.5 Å². The number of aliphatic hydroxyl groups is 3. The van der Waals surface area contributed by atoms with Gasteiger partial charge in [0.1, 0.15) is 31.0 Å². The van der Waals surface area contributed by atoms with Crippen LogP contribution in [0.2, 0.25) is 0 Å². The van der Waals surface area contributed by atoms with Gasteiger partial charge in [0.15, 0.2) is 0 Å². The molecule has 1 rings (SSSR count). The van der Waals surface area contributed by atoms with Gasteiger partial charge in [0, 0.05) is 6.42 Å². The predicted molar refractivity (Wildman–Crippen MR) is 215 cm³/mol. The molecule has 0 aromatic rings. The summed E-state index contributed by atoms with van der Waals surface area (Å²) in [7, 11) is 0. The van der Waals surface area contributed by atoms with Crippen LogP contribution < -0.4 is 0 Å². The highest BCUT2D eigenvalue weighted by molar-refractivity contribution is 5.69. The second-order valence-electron chi connectivity index (χ2n) is 15.5. The Morgan fingerprint density at radius 2 is 1.14 bits per heavy atom. The Labute approximate surface area is 314 Å². The van der Waals surface area contributed by atoms with Crippen molar-refractivity contribution in [3.8, 4) is 0 Å². The molecule has 6 heteroatoms. The van der Waals surface area contributed by atoms with Gasteiger partial charge in [-0.1, -0.05) is 166 Å². The van der Waals surface area contributed by atoms with E-state index in [1.165, 1.54) is 128 Å². The molecule has 0 radical (unpaired) electrons. The second kappa shape index (κ2) is 33.1. The molecular weight excluding hydrogens is 636 g/mol. The number of allylic oxidation sites excluding steroid dienone is 6. The minimum absolute atomic E-state index is 0.0313. The summed E-state index contributed by atoms with van der Waals surface area (Å²) in [6.07, 6.45) is 44.1. The van der Waals surface area contributed by atoms with Gasteiger partial charge < -0.3 is 24.8 Å². The second-order valence-corrected chi connectivity index (χ2v) is 15.5. The van der Waals surface area contributed by atoms with Crippen LogP contribution in [0.4, 0.5) is 0 Å². The average molecular weight is 719 g/mol. The van der Waals surface area contributed by atoms with Crippen LogP contribution in [0, 0.1) is 5.41 Å². The summed E-state index contributed by atoms with van der Waals surface area (Å²) in [5.41, 5.74) is 0.0920. The Hall–Kier alpha value is -1.47. The lowest BCUT2D eigenvalue weighted by Crippen LogP contribution is -2.41. The summed E-state index contributed by atoms with van der Waals surface area (Å²) >= 11 is 0. The molecule has 0 aromatic heterocycles. The summed E-state index contributed by atoms with van der Waals surface area (Å²) in [6.45, 7) is 6.55.